The third-order valence-corrected chi connectivity index (χ3v) is 6.78. The summed E-state index contributed by atoms with van der Waals surface area (Å²) < 4.78 is 0. The zero-order valence-corrected chi connectivity index (χ0v) is 18.1. The number of rotatable bonds is 6. The van der Waals surface area contributed by atoms with Crippen molar-refractivity contribution in [3.63, 3.8) is 0 Å². The van der Waals surface area contributed by atoms with Crippen LogP contribution in [-0.4, -0.2) is 35.2 Å². The van der Waals surface area contributed by atoms with Crippen LogP contribution in [0.25, 0.3) is 11.1 Å². The normalized spacial score (nSPS) is 17.3. The van der Waals surface area contributed by atoms with Gasteiger partial charge in [0.05, 0.1) is 35.1 Å². The Labute approximate surface area is 186 Å². The Morgan fingerprint density at radius 1 is 1.06 bits per heavy atom. The van der Waals surface area contributed by atoms with Crippen molar-refractivity contribution in [2.24, 2.45) is 4.99 Å². The largest absolute Gasteiger partial charge is 0.387 e. The van der Waals surface area contributed by atoms with Gasteiger partial charge in [-0.2, -0.15) is 0 Å². The number of aliphatic imine (C=N–C) groups is 1. The highest BCUT2D eigenvalue weighted by atomic mass is 16.1. The maximum Gasteiger partial charge on any atom is 0.254 e. The fraction of sp³-hybridized carbons (Fsp3) is 0.280. The molecule has 1 amide bonds. The Morgan fingerprint density at radius 2 is 1.91 bits per heavy atom. The Morgan fingerprint density at radius 3 is 2.56 bits per heavy atom. The van der Waals surface area contributed by atoms with E-state index in [1.165, 1.54) is 5.71 Å². The maximum absolute atomic E-state index is 12.3. The second-order valence-electron chi connectivity index (χ2n) is 8.73. The number of nitrogens with zero attached hydrogens (tertiary/aromatic N) is 3. The Balaban J connectivity index is 1.26. The number of carbonyl (C=O) groups is 1. The van der Waals surface area contributed by atoms with E-state index in [2.05, 4.69) is 51.0 Å². The van der Waals surface area contributed by atoms with Gasteiger partial charge in [0.1, 0.15) is 5.82 Å². The van der Waals surface area contributed by atoms with E-state index >= 15 is 0 Å². The SMILES string of the molecule is CNc1ccc(-c2cnc(Nc3ccc(C4(C5=NC5)CC4)nc3)cc2C)c2c1C(=O)NC2. The van der Waals surface area contributed by atoms with E-state index in [9.17, 15) is 4.79 Å². The van der Waals surface area contributed by atoms with Gasteiger partial charge >= 0.3 is 0 Å². The third kappa shape index (κ3) is 2.96. The van der Waals surface area contributed by atoms with Crippen LogP contribution in [-0.2, 0) is 12.0 Å². The summed E-state index contributed by atoms with van der Waals surface area (Å²) in [6.45, 7) is 3.51. The van der Waals surface area contributed by atoms with Crippen LogP contribution < -0.4 is 16.0 Å². The molecule has 3 aromatic rings. The highest BCUT2D eigenvalue weighted by Crippen LogP contribution is 2.51. The predicted octanol–water partition coefficient (Wildman–Crippen LogP) is 3.97. The Hall–Kier alpha value is -3.74. The quantitative estimate of drug-likeness (QED) is 0.557. The molecule has 3 aliphatic rings. The highest BCUT2D eigenvalue weighted by Gasteiger charge is 2.52. The molecule has 4 heterocycles. The summed E-state index contributed by atoms with van der Waals surface area (Å²) in [7, 11) is 1.83. The molecule has 1 aromatic carbocycles. The number of aryl methyl sites for hydroxylation is 1. The first-order chi connectivity index (χ1) is 15.6. The first-order valence-corrected chi connectivity index (χ1v) is 11.0. The molecule has 3 N–H and O–H groups in total. The maximum atomic E-state index is 12.3. The van der Waals surface area contributed by atoms with Gasteiger partial charge in [0, 0.05) is 36.8 Å². The molecule has 0 saturated heterocycles. The standard InChI is InChI=1S/C25H24N6O/c1-14-9-22(31-15-3-6-20(27-10-15)25(7-8-25)21-13-28-21)29-11-17(14)16-4-5-19(26-2)23-18(16)12-30-24(23)32/h3-6,9-11,26H,7-8,12-13H2,1-2H3,(H,29,31)(H,30,32). The van der Waals surface area contributed by atoms with E-state index in [4.69, 9.17) is 4.98 Å². The smallest absolute Gasteiger partial charge is 0.254 e. The van der Waals surface area contributed by atoms with Crippen molar-refractivity contribution >= 4 is 28.8 Å². The summed E-state index contributed by atoms with van der Waals surface area (Å²) in [5.41, 5.74) is 9.23. The van der Waals surface area contributed by atoms with E-state index in [0.29, 0.717) is 6.54 Å². The van der Waals surface area contributed by atoms with E-state index in [0.717, 1.165) is 70.1 Å². The monoisotopic (exact) mass is 424 g/mol. The molecular weight excluding hydrogens is 400 g/mol. The van der Waals surface area contributed by atoms with Gasteiger partial charge < -0.3 is 16.0 Å². The molecule has 0 bridgehead atoms. The number of anilines is 3. The molecule has 0 unspecified atom stereocenters. The molecule has 0 radical (unpaired) electrons. The summed E-state index contributed by atoms with van der Waals surface area (Å²) >= 11 is 0. The topological polar surface area (TPSA) is 91.3 Å². The highest BCUT2D eigenvalue weighted by molar-refractivity contribution is 6.07. The van der Waals surface area contributed by atoms with Crippen molar-refractivity contribution in [1.29, 1.82) is 0 Å². The molecule has 6 rings (SSSR count). The van der Waals surface area contributed by atoms with E-state index in [1.807, 2.05) is 31.6 Å². The number of carbonyl (C=O) groups excluding carboxylic acids is 1. The van der Waals surface area contributed by atoms with Gasteiger partial charge in [-0.1, -0.05) is 6.07 Å². The molecule has 160 valence electrons. The molecule has 1 fully saturated rings. The van der Waals surface area contributed by atoms with Crippen LogP contribution in [0.4, 0.5) is 17.2 Å². The molecule has 32 heavy (non-hydrogen) atoms. The number of hydrogen-bond acceptors (Lipinski definition) is 6. The summed E-state index contributed by atoms with van der Waals surface area (Å²) in [6.07, 6.45) is 6.08. The van der Waals surface area contributed by atoms with E-state index in [1.54, 1.807) is 0 Å². The van der Waals surface area contributed by atoms with Crippen molar-refractivity contribution in [3.8, 4) is 11.1 Å². The molecule has 7 nitrogen and oxygen atoms in total. The number of pyridine rings is 2. The molecule has 0 atom stereocenters. The van der Waals surface area contributed by atoms with Crippen LogP contribution in [0.15, 0.2) is 47.7 Å². The number of amides is 1. The minimum absolute atomic E-state index is 0.0345. The van der Waals surface area contributed by atoms with Crippen LogP contribution in [0, 0.1) is 6.92 Å². The number of fused-ring (bicyclic) bond motifs is 1. The van der Waals surface area contributed by atoms with Gasteiger partial charge in [0.25, 0.3) is 5.91 Å². The predicted molar refractivity (Wildman–Crippen MR) is 126 cm³/mol. The van der Waals surface area contributed by atoms with Gasteiger partial charge in [-0.25, -0.2) is 4.98 Å². The minimum Gasteiger partial charge on any atom is -0.387 e. The summed E-state index contributed by atoms with van der Waals surface area (Å²) in [4.78, 5) is 26.1. The number of hydrogen-bond donors (Lipinski definition) is 3. The fourth-order valence-corrected chi connectivity index (χ4v) is 4.77. The molecule has 2 aromatic heterocycles. The molecular formula is C25H24N6O. The Kier molecular flexibility index (Phi) is 4.08. The summed E-state index contributed by atoms with van der Waals surface area (Å²) in [6, 6.07) is 10.2. The average molecular weight is 425 g/mol. The van der Waals surface area contributed by atoms with Crippen molar-refractivity contribution in [2.45, 2.75) is 31.7 Å². The number of aromatic nitrogens is 2. The second kappa shape index (κ2) is 6.88. The van der Waals surface area contributed by atoms with Gasteiger partial charge in [-0.3, -0.25) is 14.8 Å². The lowest BCUT2D eigenvalue weighted by Crippen LogP contribution is -2.15. The summed E-state index contributed by atoms with van der Waals surface area (Å²) in [5, 5.41) is 9.42. The van der Waals surface area contributed by atoms with Crippen molar-refractivity contribution in [3.05, 3.63) is 65.1 Å². The zero-order valence-electron chi connectivity index (χ0n) is 18.1. The van der Waals surface area contributed by atoms with Crippen molar-refractivity contribution in [1.82, 2.24) is 15.3 Å². The lowest BCUT2D eigenvalue weighted by Gasteiger charge is -2.14. The third-order valence-electron chi connectivity index (χ3n) is 6.78. The van der Waals surface area contributed by atoms with Gasteiger partial charge in [-0.05, 0) is 60.7 Å². The van der Waals surface area contributed by atoms with Crippen LogP contribution in [0.5, 0.6) is 0 Å². The van der Waals surface area contributed by atoms with Crippen LogP contribution in [0.2, 0.25) is 0 Å². The van der Waals surface area contributed by atoms with E-state index in [-0.39, 0.29) is 11.3 Å². The lowest BCUT2D eigenvalue weighted by atomic mass is 9.94. The average Bonchev–Trinajstić information content (AvgIpc) is 3.72. The minimum atomic E-state index is -0.0345. The molecule has 1 aliphatic carbocycles. The van der Waals surface area contributed by atoms with Crippen molar-refractivity contribution in [2.75, 3.05) is 24.2 Å². The molecule has 2 aliphatic heterocycles. The van der Waals surface area contributed by atoms with Gasteiger partial charge in [0.2, 0.25) is 0 Å². The first-order valence-electron chi connectivity index (χ1n) is 11.0. The van der Waals surface area contributed by atoms with Gasteiger partial charge in [-0.15, -0.1) is 0 Å². The Bertz CT molecular complexity index is 1290. The van der Waals surface area contributed by atoms with Gasteiger partial charge in [0.15, 0.2) is 0 Å². The number of nitrogens with one attached hydrogen (secondary N) is 3. The lowest BCUT2D eigenvalue weighted by molar-refractivity contribution is 0.0966. The molecule has 7 heteroatoms. The molecule has 1 saturated carbocycles. The second-order valence-corrected chi connectivity index (χ2v) is 8.73. The first kappa shape index (κ1) is 19.0. The summed E-state index contributed by atoms with van der Waals surface area (Å²) in [5.74, 6) is 0.735. The fourth-order valence-electron chi connectivity index (χ4n) is 4.77. The van der Waals surface area contributed by atoms with Crippen LogP contribution in [0.1, 0.15) is 40.0 Å². The van der Waals surface area contributed by atoms with Crippen molar-refractivity contribution < 1.29 is 4.79 Å². The van der Waals surface area contributed by atoms with Crippen LogP contribution in [0.3, 0.4) is 0 Å². The van der Waals surface area contributed by atoms with E-state index < -0.39 is 0 Å². The van der Waals surface area contributed by atoms with Crippen LogP contribution >= 0.6 is 0 Å². The zero-order chi connectivity index (χ0) is 21.9. The number of benzene rings is 1. The molecule has 0 spiro atoms.